The van der Waals surface area contributed by atoms with Gasteiger partial charge in [-0.05, 0) is 48.9 Å². The molecule has 0 bridgehead atoms. The second-order valence-corrected chi connectivity index (χ2v) is 4.57. The molecular formula is C14H12ClFN2O2. The molecule has 2 aromatic rings. The highest BCUT2D eigenvalue weighted by atomic mass is 35.5. The van der Waals surface area contributed by atoms with Gasteiger partial charge in [-0.2, -0.15) is 0 Å². The van der Waals surface area contributed by atoms with E-state index in [0.29, 0.717) is 27.6 Å². The van der Waals surface area contributed by atoms with Crippen molar-refractivity contribution in [3.8, 4) is 11.5 Å². The van der Waals surface area contributed by atoms with Gasteiger partial charge in [0.25, 0.3) is 0 Å². The zero-order valence-electron chi connectivity index (χ0n) is 10.6. The van der Waals surface area contributed by atoms with E-state index < -0.39 is 0 Å². The van der Waals surface area contributed by atoms with Crippen LogP contribution in [0.5, 0.6) is 11.5 Å². The summed E-state index contributed by atoms with van der Waals surface area (Å²) >= 11 is 5.88. The number of halogens is 2. The lowest BCUT2D eigenvalue weighted by molar-refractivity contribution is 0.318. The molecule has 0 fully saturated rings. The number of oxime groups is 1. The van der Waals surface area contributed by atoms with Gasteiger partial charge in [0.05, 0.1) is 5.56 Å². The van der Waals surface area contributed by atoms with Crippen molar-refractivity contribution in [3.63, 3.8) is 0 Å². The number of nitrogens with two attached hydrogens (primary N) is 1. The predicted molar refractivity (Wildman–Crippen MR) is 75.2 cm³/mol. The molecule has 104 valence electrons. The molecule has 4 nitrogen and oxygen atoms in total. The fraction of sp³-hybridized carbons (Fsp3) is 0.0714. The standard InChI is InChI=1S/C14H12ClFN2O2/c1-8-6-10(16)3-5-12(8)20-13-4-2-9(15)7-11(13)14(17)18-19/h2-7,19H,1H3,(H2,17,18). The monoisotopic (exact) mass is 294 g/mol. The van der Waals surface area contributed by atoms with E-state index in [9.17, 15) is 4.39 Å². The van der Waals surface area contributed by atoms with E-state index in [4.69, 9.17) is 27.3 Å². The van der Waals surface area contributed by atoms with Crippen molar-refractivity contribution >= 4 is 17.4 Å². The molecule has 0 spiro atoms. The van der Waals surface area contributed by atoms with Gasteiger partial charge < -0.3 is 15.7 Å². The van der Waals surface area contributed by atoms with E-state index in [-0.39, 0.29) is 11.7 Å². The summed E-state index contributed by atoms with van der Waals surface area (Å²) in [5, 5.41) is 12.1. The van der Waals surface area contributed by atoms with E-state index >= 15 is 0 Å². The van der Waals surface area contributed by atoms with Gasteiger partial charge in [0.15, 0.2) is 5.84 Å². The molecule has 2 aromatic carbocycles. The average Bonchev–Trinajstić information content (AvgIpc) is 2.42. The van der Waals surface area contributed by atoms with Crippen LogP contribution < -0.4 is 10.5 Å². The van der Waals surface area contributed by atoms with Crippen LogP contribution in [-0.2, 0) is 0 Å². The molecule has 0 amide bonds. The summed E-state index contributed by atoms with van der Waals surface area (Å²) in [4.78, 5) is 0. The lowest BCUT2D eigenvalue weighted by Crippen LogP contribution is -2.14. The van der Waals surface area contributed by atoms with Crippen LogP contribution in [0.1, 0.15) is 11.1 Å². The van der Waals surface area contributed by atoms with Gasteiger partial charge in [0.2, 0.25) is 0 Å². The molecular weight excluding hydrogens is 283 g/mol. The normalized spacial score (nSPS) is 11.4. The molecule has 20 heavy (non-hydrogen) atoms. The molecule has 2 rings (SSSR count). The van der Waals surface area contributed by atoms with Crippen LogP contribution in [0, 0.1) is 12.7 Å². The van der Waals surface area contributed by atoms with Crippen molar-refractivity contribution in [2.45, 2.75) is 6.92 Å². The van der Waals surface area contributed by atoms with Crippen LogP contribution in [0.25, 0.3) is 0 Å². The molecule has 0 aromatic heterocycles. The molecule has 0 aliphatic rings. The second-order valence-electron chi connectivity index (χ2n) is 4.14. The highest BCUT2D eigenvalue weighted by Gasteiger charge is 2.11. The first kappa shape index (κ1) is 14.1. The Balaban J connectivity index is 2.43. The minimum absolute atomic E-state index is 0.123. The zero-order chi connectivity index (χ0) is 14.7. The van der Waals surface area contributed by atoms with Gasteiger partial charge in [-0.15, -0.1) is 0 Å². The zero-order valence-corrected chi connectivity index (χ0v) is 11.4. The van der Waals surface area contributed by atoms with Gasteiger partial charge in [-0.3, -0.25) is 0 Å². The van der Waals surface area contributed by atoms with Crippen molar-refractivity contribution in [1.82, 2.24) is 0 Å². The summed E-state index contributed by atoms with van der Waals surface area (Å²) in [6.07, 6.45) is 0. The smallest absolute Gasteiger partial charge is 0.173 e. The molecule has 0 aliphatic heterocycles. The Morgan fingerprint density at radius 2 is 1.95 bits per heavy atom. The van der Waals surface area contributed by atoms with E-state index in [2.05, 4.69) is 5.16 Å². The SMILES string of the molecule is Cc1cc(F)ccc1Oc1ccc(Cl)cc1/C(N)=N/O. The maximum atomic E-state index is 13.1. The van der Waals surface area contributed by atoms with Crippen molar-refractivity contribution in [1.29, 1.82) is 0 Å². The second kappa shape index (κ2) is 5.79. The van der Waals surface area contributed by atoms with Crippen molar-refractivity contribution in [2.24, 2.45) is 10.9 Å². The number of amidine groups is 1. The van der Waals surface area contributed by atoms with E-state index in [1.165, 1.54) is 24.3 Å². The summed E-state index contributed by atoms with van der Waals surface area (Å²) in [7, 11) is 0. The van der Waals surface area contributed by atoms with Crippen LogP contribution in [0.4, 0.5) is 4.39 Å². The fourth-order valence-corrected chi connectivity index (χ4v) is 1.86. The molecule has 0 radical (unpaired) electrons. The maximum Gasteiger partial charge on any atom is 0.173 e. The van der Waals surface area contributed by atoms with Gasteiger partial charge >= 0.3 is 0 Å². The number of nitrogens with zero attached hydrogens (tertiary/aromatic N) is 1. The Morgan fingerprint density at radius 1 is 1.25 bits per heavy atom. The first-order chi connectivity index (χ1) is 9.51. The number of benzene rings is 2. The third-order valence-corrected chi connectivity index (χ3v) is 2.92. The molecule has 0 saturated heterocycles. The van der Waals surface area contributed by atoms with Crippen LogP contribution in [0.3, 0.4) is 0 Å². The molecule has 0 aliphatic carbocycles. The molecule has 0 heterocycles. The predicted octanol–water partition coefficient (Wildman–Crippen LogP) is 3.67. The van der Waals surface area contributed by atoms with Crippen molar-refractivity contribution < 1.29 is 14.3 Å². The van der Waals surface area contributed by atoms with E-state index in [1.54, 1.807) is 19.1 Å². The summed E-state index contributed by atoms with van der Waals surface area (Å²) in [5.74, 6) is 0.366. The fourth-order valence-electron chi connectivity index (χ4n) is 1.69. The van der Waals surface area contributed by atoms with Gasteiger partial charge in [0.1, 0.15) is 17.3 Å². The minimum Gasteiger partial charge on any atom is -0.456 e. The van der Waals surface area contributed by atoms with Crippen LogP contribution in [0.2, 0.25) is 5.02 Å². The van der Waals surface area contributed by atoms with Gasteiger partial charge in [0, 0.05) is 5.02 Å². The topological polar surface area (TPSA) is 67.8 Å². The first-order valence-corrected chi connectivity index (χ1v) is 6.10. The Bertz CT molecular complexity index is 674. The van der Waals surface area contributed by atoms with Crippen LogP contribution >= 0.6 is 11.6 Å². The Hall–Kier alpha value is -2.27. The van der Waals surface area contributed by atoms with Crippen molar-refractivity contribution in [2.75, 3.05) is 0 Å². The third kappa shape index (κ3) is 3.00. The Labute approximate surface area is 120 Å². The molecule has 3 N–H and O–H groups in total. The number of rotatable bonds is 3. The molecule has 0 saturated carbocycles. The molecule has 0 unspecified atom stereocenters. The number of hydrogen-bond donors (Lipinski definition) is 2. The van der Waals surface area contributed by atoms with Gasteiger partial charge in [-0.1, -0.05) is 16.8 Å². The average molecular weight is 295 g/mol. The number of ether oxygens (including phenoxy) is 1. The lowest BCUT2D eigenvalue weighted by Gasteiger charge is -2.12. The highest BCUT2D eigenvalue weighted by Crippen LogP contribution is 2.30. The summed E-state index contributed by atoms with van der Waals surface area (Å²) in [6, 6.07) is 8.89. The molecule has 6 heteroatoms. The maximum absolute atomic E-state index is 13.1. The quantitative estimate of drug-likeness (QED) is 0.393. The third-order valence-electron chi connectivity index (χ3n) is 2.68. The summed E-state index contributed by atoms with van der Waals surface area (Å²) < 4.78 is 18.7. The van der Waals surface area contributed by atoms with Gasteiger partial charge in [-0.25, -0.2) is 4.39 Å². The minimum atomic E-state index is -0.345. The largest absolute Gasteiger partial charge is 0.456 e. The summed E-state index contributed by atoms with van der Waals surface area (Å²) in [6.45, 7) is 1.72. The van der Waals surface area contributed by atoms with E-state index in [1.807, 2.05) is 0 Å². The van der Waals surface area contributed by atoms with Crippen LogP contribution in [-0.4, -0.2) is 11.0 Å². The highest BCUT2D eigenvalue weighted by molar-refractivity contribution is 6.31. The van der Waals surface area contributed by atoms with E-state index in [0.717, 1.165) is 0 Å². The number of hydrogen-bond acceptors (Lipinski definition) is 3. The lowest BCUT2D eigenvalue weighted by atomic mass is 10.1. The van der Waals surface area contributed by atoms with Crippen LogP contribution in [0.15, 0.2) is 41.6 Å². The Kier molecular flexibility index (Phi) is 4.10. The Morgan fingerprint density at radius 3 is 2.60 bits per heavy atom. The number of aryl methyl sites for hydroxylation is 1. The summed E-state index contributed by atoms with van der Waals surface area (Å²) in [5.41, 5.74) is 6.56. The van der Waals surface area contributed by atoms with Crippen molar-refractivity contribution in [3.05, 3.63) is 58.4 Å². The first-order valence-electron chi connectivity index (χ1n) is 5.72. The molecule has 0 atom stereocenters.